The number of amides is 1. The molecule has 1 aromatic rings. The minimum Gasteiger partial charge on any atom is -0.478 e. The number of carboxylic acid groups (broad SMARTS) is 1. The Morgan fingerprint density at radius 3 is 2.58 bits per heavy atom. The van der Waals surface area contributed by atoms with Gasteiger partial charge in [-0.1, -0.05) is 22.4 Å². The normalized spacial score (nSPS) is 10.2. The van der Waals surface area contributed by atoms with Gasteiger partial charge < -0.3 is 16.2 Å². The summed E-state index contributed by atoms with van der Waals surface area (Å²) in [7, 11) is 0. The monoisotopic (exact) mass is 328 g/mol. The number of halogens is 1. The molecule has 0 aliphatic heterocycles. The van der Waals surface area contributed by atoms with Gasteiger partial charge in [0, 0.05) is 16.6 Å². The molecule has 19 heavy (non-hydrogen) atoms. The van der Waals surface area contributed by atoms with Gasteiger partial charge in [-0.3, -0.25) is 4.79 Å². The van der Waals surface area contributed by atoms with Crippen molar-refractivity contribution in [3.8, 4) is 0 Å². The number of carbonyl (C=O) groups excluding carboxylic acids is 1. The zero-order valence-corrected chi connectivity index (χ0v) is 12.1. The van der Waals surface area contributed by atoms with Crippen LogP contribution >= 0.6 is 15.9 Å². The molecule has 0 radical (unpaired) electrons. The standard InChI is InChI=1S/C13H17BrN2O3/c14-10-6-9(13(18)19)7-11(8-10)16-12(17)4-2-1-3-5-15/h6-8H,1-5,15H2,(H,16,17)(H,18,19). The maximum absolute atomic E-state index is 11.7. The van der Waals surface area contributed by atoms with E-state index in [0.29, 0.717) is 23.1 Å². The Morgan fingerprint density at radius 2 is 1.95 bits per heavy atom. The van der Waals surface area contributed by atoms with Gasteiger partial charge in [0.05, 0.1) is 5.56 Å². The third kappa shape index (κ3) is 5.85. The number of rotatable bonds is 7. The third-order valence-corrected chi connectivity index (χ3v) is 2.99. The van der Waals surface area contributed by atoms with Crippen LogP contribution in [0.3, 0.4) is 0 Å². The van der Waals surface area contributed by atoms with Crippen LogP contribution in [0.1, 0.15) is 36.0 Å². The molecule has 104 valence electrons. The van der Waals surface area contributed by atoms with Gasteiger partial charge in [0.15, 0.2) is 0 Å². The molecule has 0 unspecified atom stereocenters. The molecule has 4 N–H and O–H groups in total. The fourth-order valence-corrected chi connectivity index (χ4v) is 2.11. The second kappa shape index (κ2) is 7.91. The summed E-state index contributed by atoms with van der Waals surface area (Å²) in [6, 6.07) is 4.59. The van der Waals surface area contributed by atoms with Gasteiger partial charge in [-0.2, -0.15) is 0 Å². The van der Waals surface area contributed by atoms with Crippen molar-refractivity contribution in [1.82, 2.24) is 0 Å². The highest BCUT2D eigenvalue weighted by Crippen LogP contribution is 2.20. The van der Waals surface area contributed by atoms with E-state index in [2.05, 4.69) is 21.2 Å². The first-order valence-electron chi connectivity index (χ1n) is 6.06. The van der Waals surface area contributed by atoms with Crippen LogP contribution in [-0.2, 0) is 4.79 Å². The van der Waals surface area contributed by atoms with Crippen LogP contribution in [-0.4, -0.2) is 23.5 Å². The van der Waals surface area contributed by atoms with Crippen molar-refractivity contribution in [2.75, 3.05) is 11.9 Å². The minimum atomic E-state index is -1.03. The van der Waals surface area contributed by atoms with E-state index in [1.807, 2.05) is 0 Å². The summed E-state index contributed by atoms with van der Waals surface area (Å²) in [5, 5.41) is 11.6. The average Bonchev–Trinajstić information content (AvgIpc) is 2.34. The smallest absolute Gasteiger partial charge is 0.335 e. The largest absolute Gasteiger partial charge is 0.478 e. The Hall–Kier alpha value is -1.40. The number of unbranched alkanes of at least 4 members (excludes halogenated alkanes) is 2. The van der Waals surface area contributed by atoms with Gasteiger partial charge in [0.1, 0.15) is 0 Å². The molecule has 0 bridgehead atoms. The SMILES string of the molecule is NCCCCCC(=O)Nc1cc(Br)cc(C(=O)O)c1. The van der Waals surface area contributed by atoms with Crippen molar-refractivity contribution in [3.05, 3.63) is 28.2 Å². The molecule has 5 nitrogen and oxygen atoms in total. The number of aromatic carboxylic acids is 1. The van der Waals surface area contributed by atoms with Crippen LogP contribution in [0, 0.1) is 0 Å². The lowest BCUT2D eigenvalue weighted by atomic mass is 10.1. The molecular weight excluding hydrogens is 312 g/mol. The molecule has 0 atom stereocenters. The van der Waals surface area contributed by atoms with Gasteiger partial charge in [0.25, 0.3) is 0 Å². The predicted molar refractivity (Wildman–Crippen MR) is 77.3 cm³/mol. The maximum atomic E-state index is 11.7. The van der Waals surface area contributed by atoms with Crippen molar-refractivity contribution in [3.63, 3.8) is 0 Å². The second-order valence-electron chi connectivity index (χ2n) is 4.18. The molecule has 0 saturated heterocycles. The Balaban J connectivity index is 2.56. The zero-order chi connectivity index (χ0) is 14.3. The van der Waals surface area contributed by atoms with E-state index in [-0.39, 0.29) is 11.5 Å². The van der Waals surface area contributed by atoms with Crippen LogP contribution in [0.2, 0.25) is 0 Å². The number of carbonyl (C=O) groups is 2. The summed E-state index contributed by atoms with van der Waals surface area (Å²) in [6.07, 6.45) is 3.02. The van der Waals surface area contributed by atoms with E-state index >= 15 is 0 Å². The summed E-state index contributed by atoms with van der Waals surface area (Å²) in [4.78, 5) is 22.6. The van der Waals surface area contributed by atoms with Gasteiger partial charge in [-0.15, -0.1) is 0 Å². The van der Waals surface area contributed by atoms with Crippen molar-refractivity contribution < 1.29 is 14.7 Å². The highest BCUT2D eigenvalue weighted by molar-refractivity contribution is 9.10. The van der Waals surface area contributed by atoms with Gasteiger partial charge in [-0.25, -0.2) is 4.79 Å². The first-order chi connectivity index (χ1) is 9.02. The zero-order valence-electron chi connectivity index (χ0n) is 10.5. The van der Waals surface area contributed by atoms with Crippen molar-refractivity contribution in [1.29, 1.82) is 0 Å². The van der Waals surface area contributed by atoms with Gasteiger partial charge in [-0.05, 0) is 37.6 Å². The fraction of sp³-hybridized carbons (Fsp3) is 0.385. The Labute approximate surface area is 120 Å². The molecule has 0 saturated carbocycles. The first-order valence-corrected chi connectivity index (χ1v) is 6.86. The molecule has 0 aliphatic carbocycles. The van der Waals surface area contributed by atoms with Crippen LogP contribution in [0.4, 0.5) is 5.69 Å². The number of benzene rings is 1. The van der Waals surface area contributed by atoms with E-state index in [1.165, 1.54) is 12.1 Å². The predicted octanol–water partition coefficient (Wildman–Crippen LogP) is 2.60. The van der Waals surface area contributed by atoms with Crippen molar-refractivity contribution in [2.45, 2.75) is 25.7 Å². The summed E-state index contributed by atoms with van der Waals surface area (Å²) >= 11 is 3.22. The summed E-state index contributed by atoms with van der Waals surface area (Å²) in [6.45, 7) is 0.634. The molecule has 0 fully saturated rings. The highest BCUT2D eigenvalue weighted by Gasteiger charge is 2.08. The lowest BCUT2D eigenvalue weighted by Crippen LogP contribution is -2.12. The number of hydrogen-bond donors (Lipinski definition) is 3. The van der Waals surface area contributed by atoms with Crippen LogP contribution in [0.25, 0.3) is 0 Å². The molecule has 0 aromatic heterocycles. The van der Waals surface area contributed by atoms with Gasteiger partial charge >= 0.3 is 5.97 Å². The molecule has 6 heteroatoms. The molecule has 1 amide bonds. The quantitative estimate of drug-likeness (QED) is 0.671. The maximum Gasteiger partial charge on any atom is 0.335 e. The molecule has 0 spiro atoms. The van der Waals surface area contributed by atoms with E-state index in [0.717, 1.165) is 19.3 Å². The van der Waals surface area contributed by atoms with Crippen LogP contribution < -0.4 is 11.1 Å². The number of nitrogens with one attached hydrogen (secondary N) is 1. The van der Waals surface area contributed by atoms with Crippen molar-refractivity contribution >= 4 is 33.5 Å². The van der Waals surface area contributed by atoms with E-state index in [4.69, 9.17) is 10.8 Å². The van der Waals surface area contributed by atoms with Crippen LogP contribution in [0.5, 0.6) is 0 Å². The number of nitrogens with two attached hydrogens (primary N) is 1. The fourth-order valence-electron chi connectivity index (χ4n) is 1.62. The van der Waals surface area contributed by atoms with Crippen molar-refractivity contribution in [2.24, 2.45) is 5.73 Å². The van der Waals surface area contributed by atoms with Crippen LogP contribution in [0.15, 0.2) is 22.7 Å². The highest BCUT2D eigenvalue weighted by atomic mass is 79.9. The Bertz CT molecular complexity index is 463. The molecule has 1 aromatic carbocycles. The summed E-state index contributed by atoms with van der Waals surface area (Å²) < 4.78 is 0.617. The average molecular weight is 329 g/mol. The lowest BCUT2D eigenvalue weighted by molar-refractivity contribution is -0.116. The molecule has 1 rings (SSSR count). The van der Waals surface area contributed by atoms with E-state index in [1.54, 1.807) is 6.07 Å². The molecular formula is C13H17BrN2O3. The number of hydrogen-bond acceptors (Lipinski definition) is 3. The summed E-state index contributed by atoms with van der Waals surface area (Å²) in [5.74, 6) is -1.15. The minimum absolute atomic E-state index is 0.119. The lowest BCUT2D eigenvalue weighted by Gasteiger charge is -2.07. The van der Waals surface area contributed by atoms with E-state index in [9.17, 15) is 9.59 Å². The Morgan fingerprint density at radius 1 is 1.21 bits per heavy atom. The number of anilines is 1. The van der Waals surface area contributed by atoms with E-state index < -0.39 is 5.97 Å². The number of carboxylic acids is 1. The third-order valence-electron chi connectivity index (χ3n) is 2.54. The second-order valence-corrected chi connectivity index (χ2v) is 5.10. The first kappa shape index (κ1) is 15.7. The molecule has 0 aliphatic rings. The van der Waals surface area contributed by atoms with Gasteiger partial charge in [0.2, 0.25) is 5.91 Å². The molecule has 0 heterocycles. The Kier molecular flexibility index (Phi) is 6.52. The summed E-state index contributed by atoms with van der Waals surface area (Å²) in [5.41, 5.74) is 5.98. The topological polar surface area (TPSA) is 92.4 Å².